The number of β-amino-alcohol motifs (C(OH)–C–C–N with tert-alkyl or cyclic N) is 1. The highest BCUT2D eigenvalue weighted by atomic mass is 16.3. The molecule has 0 aromatic rings. The number of nitrogens with zero attached hydrogens (tertiary/aromatic N) is 1. The molecule has 1 saturated heterocycles. The van der Waals surface area contributed by atoms with E-state index in [-0.39, 0.29) is 12.0 Å². The lowest BCUT2D eigenvalue weighted by Gasteiger charge is -2.34. The third kappa shape index (κ3) is 3.45. The molecule has 0 bridgehead atoms. The molecule has 0 spiro atoms. The van der Waals surface area contributed by atoms with Crippen molar-refractivity contribution in [1.29, 1.82) is 0 Å². The Morgan fingerprint density at radius 3 is 2.78 bits per heavy atom. The highest BCUT2D eigenvalue weighted by molar-refractivity contribution is 5.78. The first-order chi connectivity index (χ1) is 8.56. The van der Waals surface area contributed by atoms with E-state index in [9.17, 15) is 9.90 Å². The summed E-state index contributed by atoms with van der Waals surface area (Å²) in [5, 5.41) is 12.6. The molecular weight excluding hydrogens is 228 g/mol. The van der Waals surface area contributed by atoms with E-state index in [1.54, 1.807) is 0 Å². The minimum Gasteiger partial charge on any atom is -0.392 e. The van der Waals surface area contributed by atoms with Crippen molar-refractivity contribution in [2.45, 2.75) is 51.7 Å². The zero-order valence-corrected chi connectivity index (χ0v) is 11.6. The Morgan fingerprint density at radius 1 is 1.33 bits per heavy atom. The van der Waals surface area contributed by atoms with Crippen molar-refractivity contribution in [2.75, 3.05) is 19.6 Å². The second kappa shape index (κ2) is 6.02. The fourth-order valence-electron chi connectivity index (χ4n) is 3.20. The van der Waals surface area contributed by atoms with E-state index >= 15 is 0 Å². The van der Waals surface area contributed by atoms with Gasteiger partial charge in [-0.1, -0.05) is 26.7 Å². The maximum atomic E-state index is 12.0. The van der Waals surface area contributed by atoms with E-state index in [1.807, 2.05) is 4.90 Å². The molecule has 4 nitrogen and oxygen atoms in total. The number of nitrogens with one attached hydrogen (secondary N) is 1. The van der Waals surface area contributed by atoms with Crippen LogP contribution in [0.3, 0.4) is 0 Å². The number of carbonyl (C=O) groups is 1. The van der Waals surface area contributed by atoms with Gasteiger partial charge in [-0.2, -0.15) is 0 Å². The van der Waals surface area contributed by atoms with Gasteiger partial charge in [0.05, 0.1) is 12.6 Å². The molecule has 4 atom stereocenters. The maximum Gasteiger partial charge on any atom is 0.234 e. The Balaban J connectivity index is 1.76. The molecule has 0 aromatic carbocycles. The van der Waals surface area contributed by atoms with Crippen molar-refractivity contribution in [3.05, 3.63) is 0 Å². The quantitative estimate of drug-likeness (QED) is 0.790. The Kier molecular flexibility index (Phi) is 4.62. The first-order valence-electron chi connectivity index (χ1n) is 7.26. The first-order valence-corrected chi connectivity index (χ1v) is 7.26. The molecule has 2 fully saturated rings. The number of hydrogen-bond donors (Lipinski definition) is 2. The summed E-state index contributed by atoms with van der Waals surface area (Å²) in [6, 6.07) is 0.341. The Hall–Kier alpha value is -0.610. The van der Waals surface area contributed by atoms with Gasteiger partial charge >= 0.3 is 0 Å². The zero-order chi connectivity index (χ0) is 13.1. The van der Waals surface area contributed by atoms with E-state index in [2.05, 4.69) is 19.2 Å². The van der Waals surface area contributed by atoms with Gasteiger partial charge in [-0.05, 0) is 24.7 Å². The lowest BCUT2D eigenvalue weighted by atomic mass is 9.78. The third-order valence-electron chi connectivity index (χ3n) is 4.67. The summed E-state index contributed by atoms with van der Waals surface area (Å²) in [6.07, 6.45) is 4.17. The molecule has 2 aliphatic rings. The predicted molar refractivity (Wildman–Crippen MR) is 71.2 cm³/mol. The highest BCUT2D eigenvalue weighted by Crippen LogP contribution is 2.29. The molecule has 3 unspecified atom stereocenters. The number of carbonyl (C=O) groups excluding carboxylic acids is 1. The van der Waals surface area contributed by atoms with E-state index < -0.39 is 0 Å². The Morgan fingerprint density at radius 2 is 2.11 bits per heavy atom. The number of hydrogen-bond acceptors (Lipinski definition) is 3. The van der Waals surface area contributed by atoms with Crippen LogP contribution >= 0.6 is 0 Å². The second-order valence-electron chi connectivity index (χ2n) is 6.12. The summed E-state index contributed by atoms with van der Waals surface area (Å²) in [6.45, 7) is 6.44. The van der Waals surface area contributed by atoms with Gasteiger partial charge in [-0.3, -0.25) is 9.69 Å². The van der Waals surface area contributed by atoms with E-state index in [1.165, 1.54) is 12.8 Å². The van der Waals surface area contributed by atoms with Crippen LogP contribution in [0.1, 0.15) is 39.5 Å². The van der Waals surface area contributed by atoms with Crippen LogP contribution in [-0.4, -0.2) is 47.7 Å². The molecule has 18 heavy (non-hydrogen) atoms. The summed E-state index contributed by atoms with van der Waals surface area (Å²) < 4.78 is 0. The van der Waals surface area contributed by atoms with Gasteiger partial charge in [0.15, 0.2) is 0 Å². The predicted octanol–water partition coefficient (Wildman–Crippen LogP) is 0.994. The molecule has 2 rings (SSSR count). The van der Waals surface area contributed by atoms with Crippen molar-refractivity contribution in [1.82, 2.24) is 10.2 Å². The molecular formula is C14H26N2O2. The monoisotopic (exact) mass is 254 g/mol. The normalized spacial score (nSPS) is 37.7. The van der Waals surface area contributed by atoms with Gasteiger partial charge in [-0.25, -0.2) is 0 Å². The summed E-state index contributed by atoms with van der Waals surface area (Å²) in [7, 11) is 0. The van der Waals surface area contributed by atoms with Gasteiger partial charge in [-0.15, -0.1) is 0 Å². The topological polar surface area (TPSA) is 52.6 Å². The smallest absolute Gasteiger partial charge is 0.234 e. The van der Waals surface area contributed by atoms with E-state index in [0.717, 1.165) is 19.4 Å². The minimum absolute atomic E-state index is 0.120. The fourth-order valence-corrected chi connectivity index (χ4v) is 3.20. The van der Waals surface area contributed by atoms with E-state index in [0.29, 0.717) is 31.0 Å². The van der Waals surface area contributed by atoms with Crippen LogP contribution < -0.4 is 5.32 Å². The Bertz CT molecular complexity index is 296. The average molecular weight is 254 g/mol. The fraction of sp³-hybridized carbons (Fsp3) is 0.929. The molecule has 1 aliphatic carbocycles. The van der Waals surface area contributed by atoms with Crippen LogP contribution in [0.15, 0.2) is 0 Å². The molecule has 0 radical (unpaired) electrons. The molecule has 4 heteroatoms. The van der Waals surface area contributed by atoms with Gasteiger partial charge in [0.25, 0.3) is 0 Å². The van der Waals surface area contributed by atoms with Crippen LogP contribution in [0.5, 0.6) is 0 Å². The molecule has 0 aromatic heterocycles. The molecule has 1 heterocycles. The maximum absolute atomic E-state index is 12.0. The van der Waals surface area contributed by atoms with E-state index in [4.69, 9.17) is 0 Å². The molecule has 1 aliphatic heterocycles. The van der Waals surface area contributed by atoms with Crippen molar-refractivity contribution in [3.63, 3.8) is 0 Å². The number of aliphatic hydroxyl groups is 1. The standard InChI is InChI=1S/C14H26N2O2/c1-10-4-3-5-13(11(10)2)15-14(18)9-16-7-6-12(17)8-16/h10-13,17H,3-9H2,1-2H3,(H,15,18)/t10?,11?,12-,13?/m0/s1. The number of rotatable bonds is 3. The van der Waals surface area contributed by atoms with Crippen molar-refractivity contribution < 1.29 is 9.90 Å². The Labute approximate surface area is 110 Å². The molecule has 104 valence electrons. The van der Waals surface area contributed by atoms with Crippen LogP contribution in [0.2, 0.25) is 0 Å². The zero-order valence-electron chi connectivity index (χ0n) is 11.6. The molecule has 1 saturated carbocycles. The first kappa shape index (κ1) is 13.8. The van der Waals surface area contributed by atoms with Crippen LogP contribution in [0.4, 0.5) is 0 Å². The summed E-state index contributed by atoms with van der Waals surface area (Å²) in [5.41, 5.74) is 0. The van der Waals surface area contributed by atoms with Gasteiger partial charge in [0.2, 0.25) is 5.91 Å². The van der Waals surface area contributed by atoms with Crippen LogP contribution in [-0.2, 0) is 4.79 Å². The van der Waals surface area contributed by atoms with Gasteiger partial charge < -0.3 is 10.4 Å². The minimum atomic E-state index is -0.244. The number of likely N-dealkylation sites (tertiary alicyclic amines) is 1. The summed E-state index contributed by atoms with van der Waals surface area (Å²) in [5.74, 6) is 1.40. The lowest BCUT2D eigenvalue weighted by Crippen LogP contribution is -2.47. The van der Waals surface area contributed by atoms with Crippen molar-refractivity contribution in [2.24, 2.45) is 11.8 Å². The van der Waals surface area contributed by atoms with Crippen molar-refractivity contribution >= 4 is 5.91 Å². The largest absolute Gasteiger partial charge is 0.392 e. The average Bonchev–Trinajstić information content (AvgIpc) is 2.70. The number of amides is 1. The van der Waals surface area contributed by atoms with Gasteiger partial charge in [0.1, 0.15) is 0 Å². The summed E-state index contributed by atoms with van der Waals surface area (Å²) in [4.78, 5) is 14.0. The van der Waals surface area contributed by atoms with Crippen LogP contribution in [0.25, 0.3) is 0 Å². The van der Waals surface area contributed by atoms with Crippen molar-refractivity contribution in [3.8, 4) is 0 Å². The third-order valence-corrected chi connectivity index (χ3v) is 4.67. The molecule has 1 amide bonds. The lowest BCUT2D eigenvalue weighted by molar-refractivity contribution is -0.123. The SMILES string of the molecule is CC1CCCC(NC(=O)CN2CC[C@H](O)C2)C1C. The number of aliphatic hydroxyl groups excluding tert-OH is 1. The second-order valence-corrected chi connectivity index (χ2v) is 6.12. The summed E-state index contributed by atoms with van der Waals surface area (Å²) >= 11 is 0. The van der Waals surface area contributed by atoms with Gasteiger partial charge in [0, 0.05) is 19.1 Å². The van der Waals surface area contributed by atoms with Crippen LogP contribution in [0, 0.1) is 11.8 Å². The highest BCUT2D eigenvalue weighted by Gasteiger charge is 2.29. The molecule has 2 N–H and O–H groups in total.